The summed E-state index contributed by atoms with van der Waals surface area (Å²) in [5.41, 5.74) is 3.93. The molecule has 0 N–H and O–H groups in total. The summed E-state index contributed by atoms with van der Waals surface area (Å²) >= 11 is 0. The quantitative estimate of drug-likeness (QED) is 0.587. The van der Waals surface area contributed by atoms with Gasteiger partial charge < -0.3 is 14.4 Å². The molecule has 0 spiro atoms. The largest absolute Gasteiger partial charge is 0.350 e. The van der Waals surface area contributed by atoms with E-state index in [-0.39, 0.29) is 17.9 Å². The third kappa shape index (κ3) is 3.31. The van der Waals surface area contributed by atoms with Crippen LogP contribution in [0.2, 0.25) is 0 Å². The Kier molecular flexibility index (Phi) is 5.28. The van der Waals surface area contributed by atoms with Crippen LogP contribution < -0.4 is 0 Å². The van der Waals surface area contributed by atoms with Gasteiger partial charge in [0.1, 0.15) is 6.04 Å². The SMILES string of the molecule is CC(C)CC(C(=O)N1CCCC1)N1C(=O)c2ccccc2C1c1cn(C)c2ccccc12. The van der Waals surface area contributed by atoms with Gasteiger partial charge in [-0.1, -0.05) is 50.2 Å². The van der Waals surface area contributed by atoms with Gasteiger partial charge in [-0.2, -0.15) is 0 Å². The number of benzene rings is 2. The molecule has 1 saturated heterocycles. The summed E-state index contributed by atoms with van der Waals surface area (Å²) in [7, 11) is 2.04. The van der Waals surface area contributed by atoms with Crippen LogP contribution in [0.3, 0.4) is 0 Å². The van der Waals surface area contributed by atoms with E-state index in [0.717, 1.165) is 48.0 Å². The first-order valence-corrected chi connectivity index (χ1v) is 11.7. The third-order valence-electron chi connectivity index (χ3n) is 6.95. The minimum atomic E-state index is -0.461. The minimum Gasteiger partial charge on any atom is -0.350 e. The molecular weight excluding hydrogens is 398 g/mol. The number of carbonyl (C=O) groups is 2. The molecule has 1 fully saturated rings. The van der Waals surface area contributed by atoms with Crippen LogP contribution in [0.4, 0.5) is 0 Å². The highest BCUT2D eigenvalue weighted by molar-refractivity contribution is 6.03. The number of hydrogen-bond acceptors (Lipinski definition) is 2. The molecule has 2 unspecified atom stereocenters. The van der Waals surface area contributed by atoms with Crippen LogP contribution in [-0.2, 0) is 11.8 Å². The molecule has 0 radical (unpaired) electrons. The van der Waals surface area contributed by atoms with Crippen molar-refractivity contribution in [3.8, 4) is 0 Å². The zero-order chi connectivity index (χ0) is 22.4. The van der Waals surface area contributed by atoms with Gasteiger partial charge in [0.25, 0.3) is 5.91 Å². The summed E-state index contributed by atoms with van der Waals surface area (Å²) in [6.07, 6.45) is 4.88. The van der Waals surface area contributed by atoms with E-state index in [2.05, 4.69) is 36.7 Å². The van der Waals surface area contributed by atoms with Crippen LogP contribution in [0, 0.1) is 5.92 Å². The Morgan fingerprint density at radius 3 is 2.44 bits per heavy atom. The standard InChI is InChI=1S/C27H31N3O2/c1-18(2)16-24(27(32)29-14-8-9-15-29)30-25(20-11-4-5-12-21(20)26(30)31)22-17-28(3)23-13-7-6-10-19(22)23/h4-7,10-13,17-18,24-25H,8-9,14-16H2,1-3H3. The fourth-order valence-corrected chi connectivity index (χ4v) is 5.49. The number of fused-ring (bicyclic) bond motifs is 2. The number of nitrogens with zero attached hydrogens (tertiary/aromatic N) is 3. The second-order valence-corrected chi connectivity index (χ2v) is 9.59. The third-order valence-corrected chi connectivity index (χ3v) is 6.95. The molecule has 5 heteroatoms. The van der Waals surface area contributed by atoms with Crippen molar-refractivity contribution in [3.63, 3.8) is 0 Å². The molecule has 2 aliphatic heterocycles. The molecule has 2 aromatic carbocycles. The average Bonchev–Trinajstić information content (AvgIpc) is 3.50. The van der Waals surface area contributed by atoms with E-state index in [4.69, 9.17) is 0 Å². The lowest BCUT2D eigenvalue weighted by Gasteiger charge is -2.36. The Morgan fingerprint density at radius 1 is 1.00 bits per heavy atom. The van der Waals surface area contributed by atoms with Crippen molar-refractivity contribution < 1.29 is 9.59 Å². The van der Waals surface area contributed by atoms with Gasteiger partial charge >= 0.3 is 0 Å². The van der Waals surface area contributed by atoms with Gasteiger partial charge in [0, 0.05) is 48.4 Å². The second-order valence-electron chi connectivity index (χ2n) is 9.59. The van der Waals surface area contributed by atoms with E-state index in [9.17, 15) is 9.59 Å². The van der Waals surface area contributed by atoms with Crippen molar-refractivity contribution in [1.29, 1.82) is 0 Å². The second kappa shape index (κ2) is 8.12. The van der Waals surface area contributed by atoms with Gasteiger partial charge in [-0.05, 0) is 42.9 Å². The lowest BCUT2D eigenvalue weighted by atomic mass is 9.95. The number of para-hydroxylation sites is 1. The smallest absolute Gasteiger partial charge is 0.255 e. The van der Waals surface area contributed by atoms with E-state index in [0.29, 0.717) is 17.9 Å². The van der Waals surface area contributed by atoms with E-state index in [1.807, 2.05) is 53.2 Å². The van der Waals surface area contributed by atoms with Gasteiger partial charge in [0.2, 0.25) is 5.91 Å². The molecule has 2 atom stereocenters. The van der Waals surface area contributed by atoms with E-state index < -0.39 is 6.04 Å². The number of rotatable bonds is 5. The summed E-state index contributed by atoms with van der Waals surface area (Å²) < 4.78 is 2.12. The van der Waals surface area contributed by atoms with Crippen molar-refractivity contribution in [1.82, 2.24) is 14.4 Å². The Labute approximate surface area is 189 Å². The minimum absolute atomic E-state index is 0.0308. The van der Waals surface area contributed by atoms with Crippen LogP contribution in [0.25, 0.3) is 10.9 Å². The molecule has 32 heavy (non-hydrogen) atoms. The molecule has 5 rings (SSSR count). The summed E-state index contributed by atoms with van der Waals surface area (Å²) in [5.74, 6) is 0.371. The Balaban J connectivity index is 1.67. The Hall–Kier alpha value is -3.08. The van der Waals surface area contributed by atoms with Gasteiger partial charge in [-0.15, -0.1) is 0 Å². The highest BCUT2D eigenvalue weighted by Gasteiger charge is 2.46. The van der Waals surface area contributed by atoms with Crippen LogP contribution in [0.1, 0.15) is 60.6 Å². The summed E-state index contributed by atoms with van der Waals surface area (Å²) in [4.78, 5) is 31.4. The maximum Gasteiger partial charge on any atom is 0.255 e. The number of aryl methyl sites for hydroxylation is 1. The predicted octanol–water partition coefficient (Wildman–Crippen LogP) is 4.76. The number of likely N-dealkylation sites (tertiary alicyclic amines) is 1. The Morgan fingerprint density at radius 2 is 1.69 bits per heavy atom. The number of hydrogen-bond donors (Lipinski definition) is 0. The zero-order valence-electron chi connectivity index (χ0n) is 19.1. The molecule has 5 nitrogen and oxygen atoms in total. The molecule has 2 amide bonds. The molecule has 0 aliphatic carbocycles. The lowest BCUT2D eigenvalue weighted by Crippen LogP contribution is -2.50. The number of aromatic nitrogens is 1. The zero-order valence-corrected chi connectivity index (χ0v) is 19.1. The van der Waals surface area contributed by atoms with Gasteiger partial charge in [0.05, 0.1) is 6.04 Å². The maximum absolute atomic E-state index is 13.8. The normalized spacial score (nSPS) is 19.2. The molecule has 3 aromatic rings. The van der Waals surface area contributed by atoms with Crippen LogP contribution >= 0.6 is 0 Å². The van der Waals surface area contributed by atoms with Gasteiger partial charge in [0.15, 0.2) is 0 Å². The van der Waals surface area contributed by atoms with Gasteiger partial charge in [-0.25, -0.2) is 0 Å². The predicted molar refractivity (Wildman–Crippen MR) is 126 cm³/mol. The molecular formula is C27H31N3O2. The Bertz CT molecular complexity index is 1170. The molecule has 3 heterocycles. The van der Waals surface area contributed by atoms with E-state index in [1.54, 1.807) is 0 Å². The number of amides is 2. The maximum atomic E-state index is 13.8. The van der Waals surface area contributed by atoms with Crippen molar-refractivity contribution >= 4 is 22.7 Å². The summed E-state index contributed by atoms with van der Waals surface area (Å²) in [6.45, 7) is 5.85. The van der Waals surface area contributed by atoms with Crippen molar-refractivity contribution in [2.45, 2.75) is 45.2 Å². The number of carbonyl (C=O) groups excluding carboxylic acids is 2. The highest BCUT2D eigenvalue weighted by atomic mass is 16.2. The van der Waals surface area contributed by atoms with Crippen molar-refractivity contribution in [2.24, 2.45) is 13.0 Å². The summed E-state index contributed by atoms with van der Waals surface area (Å²) in [6, 6.07) is 15.4. The summed E-state index contributed by atoms with van der Waals surface area (Å²) in [5, 5.41) is 1.13. The molecule has 166 valence electrons. The van der Waals surface area contributed by atoms with Crippen molar-refractivity contribution in [2.75, 3.05) is 13.1 Å². The fourth-order valence-electron chi connectivity index (χ4n) is 5.49. The fraction of sp³-hybridized carbons (Fsp3) is 0.407. The monoisotopic (exact) mass is 429 g/mol. The molecule has 0 bridgehead atoms. The highest BCUT2D eigenvalue weighted by Crippen LogP contribution is 2.44. The van der Waals surface area contributed by atoms with Crippen molar-refractivity contribution in [3.05, 3.63) is 71.4 Å². The first kappa shape index (κ1) is 20.8. The first-order chi connectivity index (χ1) is 15.5. The average molecular weight is 430 g/mol. The van der Waals surface area contributed by atoms with E-state index in [1.165, 1.54) is 0 Å². The molecule has 0 saturated carbocycles. The lowest BCUT2D eigenvalue weighted by molar-refractivity contribution is -0.136. The van der Waals surface area contributed by atoms with Gasteiger partial charge in [-0.3, -0.25) is 9.59 Å². The first-order valence-electron chi connectivity index (χ1n) is 11.7. The van der Waals surface area contributed by atoms with E-state index >= 15 is 0 Å². The molecule has 2 aliphatic rings. The topological polar surface area (TPSA) is 45.6 Å². The van der Waals surface area contributed by atoms with Crippen LogP contribution in [0.5, 0.6) is 0 Å². The van der Waals surface area contributed by atoms with Crippen LogP contribution in [0.15, 0.2) is 54.7 Å². The van der Waals surface area contributed by atoms with Crippen LogP contribution in [-0.4, -0.2) is 45.3 Å². The molecule has 1 aromatic heterocycles.